The van der Waals surface area contributed by atoms with Crippen LogP contribution < -0.4 is 5.32 Å². The molecule has 1 aromatic rings. The number of carbonyl (C=O) groups is 2. The van der Waals surface area contributed by atoms with Crippen LogP contribution in [0.3, 0.4) is 0 Å². The molecule has 1 amide bonds. The van der Waals surface area contributed by atoms with Gasteiger partial charge in [-0.25, -0.2) is 9.59 Å². The van der Waals surface area contributed by atoms with Crippen molar-refractivity contribution in [2.24, 2.45) is 0 Å². The first-order valence-corrected chi connectivity index (χ1v) is 9.21. The first kappa shape index (κ1) is 19.2. The molecule has 0 saturated carbocycles. The van der Waals surface area contributed by atoms with Gasteiger partial charge in [0, 0.05) is 6.66 Å². The topological polar surface area (TPSA) is 90.9 Å². The zero-order valence-corrected chi connectivity index (χ0v) is 14.5. The predicted octanol–water partition coefficient (Wildman–Crippen LogP) is 2.74. The van der Waals surface area contributed by atoms with E-state index in [0.717, 1.165) is 5.56 Å². The highest BCUT2D eigenvalue weighted by Gasteiger charge is 2.31. The van der Waals surface area contributed by atoms with Crippen LogP contribution in [-0.2, 0) is 30.0 Å². The number of benzene rings is 1. The SMILES string of the molecule is COC(=O)[C@H](C)OP(C)(=O)[C@H](C)NC(=O)OCc1ccccc1. The molecule has 1 rings (SSSR count). The fourth-order valence-electron chi connectivity index (χ4n) is 1.67. The van der Waals surface area contributed by atoms with E-state index < -0.39 is 31.3 Å². The van der Waals surface area contributed by atoms with Crippen LogP contribution in [0.1, 0.15) is 19.4 Å². The molecule has 23 heavy (non-hydrogen) atoms. The third kappa shape index (κ3) is 6.42. The number of amides is 1. The Morgan fingerprint density at radius 3 is 2.39 bits per heavy atom. The van der Waals surface area contributed by atoms with Gasteiger partial charge in [0.05, 0.1) is 7.11 Å². The smallest absolute Gasteiger partial charge is 0.408 e. The highest BCUT2D eigenvalue weighted by molar-refractivity contribution is 7.58. The molecule has 0 saturated heterocycles. The van der Waals surface area contributed by atoms with Crippen molar-refractivity contribution >= 4 is 19.4 Å². The van der Waals surface area contributed by atoms with E-state index in [2.05, 4.69) is 10.1 Å². The number of esters is 1. The van der Waals surface area contributed by atoms with Gasteiger partial charge in [-0.15, -0.1) is 0 Å². The average molecular weight is 343 g/mol. The maximum Gasteiger partial charge on any atom is 0.408 e. The first-order chi connectivity index (χ1) is 10.8. The van der Waals surface area contributed by atoms with Gasteiger partial charge >= 0.3 is 12.1 Å². The molecule has 0 heterocycles. The Balaban J connectivity index is 2.49. The van der Waals surface area contributed by atoms with Crippen molar-refractivity contribution in [2.75, 3.05) is 13.8 Å². The van der Waals surface area contributed by atoms with E-state index in [1.54, 1.807) is 0 Å². The Kier molecular flexibility index (Phi) is 7.26. The van der Waals surface area contributed by atoms with Crippen molar-refractivity contribution in [3.63, 3.8) is 0 Å². The summed E-state index contributed by atoms with van der Waals surface area (Å²) in [6.45, 7) is 4.40. The fraction of sp³-hybridized carbons (Fsp3) is 0.467. The minimum absolute atomic E-state index is 0.104. The van der Waals surface area contributed by atoms with Crippen LogP contribution in [-0.4, -0.2) is 37.7 Å². The minimum atomic E-state index is -3.27. The monoisotopic (exact) mass is 343 g/mol. The number of alkyl carbamates (subject to hydrolysis) is 1. The summed E-state index contributed by atoms with van der Waals surface area (Å²) in [4.78, 5) is 23.1. The summed E-state index contributed by atoms with van der Waals surface area (Å²) in [7, 11) is -2.06. The third-order valence-electron chi connectivity index (χ3n) is 3.14. The Labute approximate surface area is 135 Å². The third-order valence-corrected chi connectivity index (χ3v) is 5.41. The van der Waals surface area contributed by atoms with Crippen molar-refractivity contribution < 1.29 is 28.2 Å². The van der Waals surface area contributed by atoms with Crippen molar-refractivity contribution in [3.8, 4) is 0 Å². The molecule has 8 heteroatoms. The summed E-state index contributed by atoms with van der Waals surface area (Å²) in [6.07, 6.45) is -1.70. The van der Waals surface area contributed by atoms with Crippen molar-refractivity contribution in [3.05, 3.63) is 35.9 Å². The molecule has 0 radical (unpaired) electrons. The number of carbonyl (C=O) groups excluding carboxylic acids is 2. The van der Waals surface area contributed by atoms with Gasteiger partial charge in [-0.3, -0.25) is 4.57 Å². The quantitative estimate of drug-likeness (QED) is 0.605. The number of rotatable bonds is 7. The van der Waals surface area contributed by atoms with Crippen LogP contribution >= 0.6 is 7.37 Å². The summed E-state index contributed by atoms with van der Waals surface area (Å²) < 4.78 is 27.2. The lowest BCUT2D eigenvalue weighted by molar-refractivity contribution is -0.147. The molecule has 0 fully saturated rings. The molecule has 0 bridgehead atoms. The molecule has 7 nitrogen and oxygen atoms in total. The summed E-state index contributed by atoms with van der Waals surface area (Å²) in [6, 6.07) is 9.17. The molecular formula is C15H22NO6P. The van der Waals surface area contributed by atoms with Crippen LogP contribution in [0.25, 0.3) is 0 Å². The molecule has 0 aliphatic heterocycles. The normalized spacial score (nSPS) is 15.8. The lowest BCUT2D eigenvalue weighted by atomic mass is 10.2. The van der Waals surface area contributed by atoms with Gasteiger partial charge in [-0.05, 0) is 19.4 Å². The van der Waals surface area contributed by atoms with Gasteiger partial charge in [0.15, 0.2) is 6.10 Å². The lowest BCUT2D eigenvalue weighted by Gasteiger charge is -2.24. The van der Waals surface area contributed by atoms with Gasteiger partial charge in [0.25, 0.3) is 0 Å². The maximum absolute atomic E-state index is 12.5. The standard InChI is InChI=1S/C15H22NO6P/c1-11(14(17)20-3)22-23(4,19)12(2)16-15(18)21-10-13-8-6-5-7-9-13/h5-9,11-12H,10H2,1-4H3,(H,16,18)/t11-,12+,23?/m0/s1. The molecule has 0 aliphatic carbocycles. The van der Waals surface area contributed by atoms with Crippen LogP contribution in [0.5, 0.6) is 0 Å². The van der Waals surface area contributed by atoms with Crippen LogP contribution in [0.15, 0.2) is 30.3 Å². The zero-order chi connectivity index (χ0) is 17.5. The predicted molar refractivity (Wildman–Crippen MR) is 85.3 cm³/mol. The summed E-state index contributed by atoms with van der Waals surface area (Å²) in [5.74, 6) is -1.44. The molecular weight excluding hydrogens is 321 g/mol. The molecule has 1 N–H and O–H groups in total. The molecule has 1 unspecified atom stereocenters. The Bertz CT molecular complexity index is 577. The Morgan fingerprint density at radius 1 is 1.22 bits per heavy atom. The highest BCUT2D eigenvalue weighted by atomic mass is 31.2. The van der Waals surface area contributed by atoms with E-state index in [-0.39, 0.29) is 6.61 Å². The number of hydrogen-bond acceptors (Lipinski definition) is 6. The molecule has 0 aromatic heterocycles. The summed E-state index contributed by atoms with van der Waals surface area (Å²) in [5, 5.41) is 2.45. The number of hydrogen-bond donors (Lipinski definition) is 1. The van der Waals surface area contributed by atoms with Crippen molar-refractivity contribution in [1.29, 1.82) is 0 Å². The fourth-order valence-corrected chi connectivity index (χ4v) is 2.90. The van der Waals surface area contributed by atoms with E-state index in [1.165, 1.54) is 27.6 Å². The van der Waals surface area contributed by atoms with E-state index in [4.69, 9.17) is 9.26 Å². The highest BCUT2D eigenvalue weighted by Crippen LogP contribution is 2.47. The summed E-state index contributed by atoms with van der Waals surface area (Å²) in [5.41, 5.74) is 0.838. The lowest BCUT2D eigenvalue weighted by Crippen LogP contribution is -2.34. The molecule has 0 aliphatic rings. The maximum atomic E-state index is 12.5. The number of methoxy groups -OCH3 is 1. The van der Waals surface area contributed by atoms with Gasteiger partial charge in [0.2, 0.25) is 7.37 Å². The second-order valence-corrected chi connectivity index (χ2v) is 7.86. The second kappa shape index (κ2) is 8.70. The largest absolute Gasteiger partial charge is 0.467 e. The van der Waals surface area contributed by atoms with Crippen molar-refractivity contribution in [1.82, 2.24) is 5.32 Å². The number of ether oxygens (including phenoxy) is 2. The molecule has 3 atom stereocenters. The van der Waals surface area contributed by atoms with Crippen LogP contribution in [0.4, 0.5) is 4.79 Å². The van der Waals surface area contributed by atoms with Gasteiger partial charge in [-0.1, -0.05) is 30.3 Å². The van der Waals surface area contributed by atoms with Crippen LogP contribution in [0, 0.1) is 0 Å². The first-order valence-electron chi connectivity index (χ1n) is 7.07. The Morgan fingerprint density at radius 2 is 1.83 bits per heavy atom. The second-order valence-electron chi connectivity index (χ2n) is 5.06. The average Bonchev–Trinajstić information content (AvgIpc) is 2.52. The van der Waals surface area contributed by atoms with Gasteiger partial charge in [0.1, 0.15) is 12.4 Å². The van der Waals surface area contributed by atoms with E-state index in [1.807, 2.05) is 30.3 Å². The van der Waals surface area contributed by atoms with E-state index in [0.29, 0.717) is 0 Å². The zero-order valence-electron chi connectivity index (χ0n) is 13.6. The molecule has 1 aromatic carbocycles. The molecule has 0 spiro atoms. The van der Waals surface area contributed by atoms with Gasteiger partial charge < -0.3 is 19.3 Å². The minimum Gasteiger partial charge on any atom is -0.467 e. The summed E-state index contributed by atoms with van der Waals surface area (Å²) >= 11 is 0. The van der Waals surface area contributed by atoms with Gasteiger partial charge in [-0.2, -0.15) is 0 Å². The van der Waals surface area contributed by atoms with Crippen LogP contribution in [0.2, 0.25) is 0 Å². The Hall–Kier alpha value is -1.85. The molecule has 128 valence electrons. The van der Waals surface area contributed by atoms with E-state index in [9.17, 15) is 14.2 Å². The van der Waals surface area contributed by atoms with Crippen molar-refractivity contribution in [2.45, 2.75) is 32.3 Å². The van der Waals surface area contributed by atoms with E-state index >= 15 is 0 Å². The number of nitrogens with one attached hydrogen (secondary N) is 1.